The zero-order valence-corrected chi connectivity index (χ0v) is 14.4. The van der Waals surface area contributed by atoms with Crippen molar-refractivity contribution in [2.75, 3.05) is 12.4 Å². The standard InChI is InChI=1S/C13H13IN4O2S/c1-18-11(8(14)6-15-18)12(19)17-13-16-9-4-3-7(20-2)5-10(9)21-13/h3-6,13,16H,1-2H3,(H,17,19). The maximum atomic E-state index is 12.3. The van der Waals surface area contributed by atoms with Crippen molar-refractivity contribution in [1.29, 1.82) is 0 Å². The van der Waals surface area contributed by atoms with Gasteiger partial charge in [-0.3, -0.25) is 9.48 Å². The number of benzene rings is 1. The molecule has 1 atom stereocenters. The van der Waals surface area contributed by atoms with Crippen molar-refractivity contribution in [2.45, 2.75) is 10.4 Å². The summed E-state index contributed by atoms with van der Waals surface area (Å²) in [5, 5.41) is 10.3. The fraction of sp³-hybridized carbons (Fsp3) is 0.231. The molecule has 2 N–H and O–H groups in total. The fourth-order valence-electron chi connectivity index (χ4n) is 2.06. The first-order valence-electron chi connectivity index (χ1n) is 6.18. The van der Waals surface area contributed by atoms with Crippen LogP contribution in [0.15, 0.2) is 29.3 Å². The Morgan fingerprint density at radius 1 is 1.57 bits per heavy atom. The van der Waals surface area contributed by atoms with E-state index in [0.29, 0.717) is 5.69 Å². The number of aryl methyl sites for hydroxylation is 1. The van der Waals surface area contributed by atoms with E-state index in [-0.39, 0.29) is 11.4 Å². The number of fused-ring (bicyclic) bond motifs is 1. The normalized spacial score (nSPS) is 16.2. The van der Waals surface area contributed by atoms with Gasteiger partial charge in [-0.15, -0.1) is 0 Å². The van der Waals surface area contributed by atoms with E-state index in [1.54, 1.807) is 36.8 Å². The highest BCUT2D eigenvalue weighted by atomic mass is 127. The molecule has 0 bridgehead atoms. The van der Waals surface area contributed by atoms with Gasteiger partial charge in [0.05, 0.1) is 22.6 Å². The van der Waals surface area contributed by atoms with E-state index in [1.807, 2.05) is 18.2 Å². The van der Waals surface area contributed by atoms with E-state index in [1.165, 1.54) is 0 Å². The van der Waals surface area contributed by atoms with Crippen molar-refractivity contribution in [3.05, 3.63) is 33.7 Å². The summed E-state index contributed by atoms with van der Waals surface area (Å²) >= 11 is 3.65. The van der Waals surface area contributed by atoms with Gasteiger partial charge >= 0.3 is 0 Å². The van der Waals surface area contributed by atoms with Crippen LogP contribution in [0.25, 0.3) is 0 Å². The molecule has 1 aliphatic heterocycles. The third-order valence-electron chi connectivity index (χ3n) is 3.09. The third-order valence-corrected chi connectivity index (χ3v) is 4.94. The lowest BCUT2D eigenvalue weighted by Gasteiger charge is -2.13. The number of carbonyl (C=O) groups is 1. The Kier molecular flexibility index (Phi) is 3.98. The monoisotopic (exact) mass is 416 g/mol. The van der Waals surface area contributed by atoms with Crippen molar-refractivity contribution in [2.24, 2.45) is 7.05 Å². The predicted molar refractivity (Wildman–Crippen MR) is 89.7 cm³/mol. The first kappa shape index (κ1) is 14.5. The zero-order chi connectivity index (χ0) is 15.0. The average molecular weight is 416 g/mol. The molecule has 2 heterocycles. The molecule has 0 aliphatic carbocycles. The van der Waals surface area contributed by atoms with Gasteiger partial charge < -0.3 is 15.4 Å². The van der Waals surface area contributed by atoms with Gasteiger partial charge in [-0.1, -0.05) is 11.8 Å². The number of rotatable bonds is 3. The molecular weight excluding hydrogens is 403 g/mol. The molecule has 110 valence electrons. The Morgan fingerprint density at radius 3 is 3.05 bits per heavy atom. The van der Waals surface area contributed by atoms with Gasteiger partial charge in [0.15, 0.2) is 5.50 Å². The zero-order valence-electron chi connectivity index (χ0n) is 11.4. The molecule has 6 nitrogen and oxygen atoms in total. The summed E-state index contributed by atoms with van der Waals surface area (Å²) in [6.07, 6.45) is 1.67. The average Bonchev–Trinajstić information content (AvgIpc) is 3.00. The summed E-state index contributed by atoms with van der Waals surface area (Å²) in [6.45, 7) is 0. The van der Waals surface area contributed by atoms with Crippen LogP contribution >= 0.6 is 34.4 Å². The number of nitrogens with one attached hydrogen (secondary N) is 2. The Morgan fingerprint density at radius 2 is 2.38 bits per heavy atom. The SMILES string of the molecule is COc1ccc2c(c1)SC(NC(=O)c1c(I)cnn1C)N2. The highest BCUT2D eigenvalue weighted by molar-refractivity contribution is 14.1. The van der Waals surface area contributed by atoms with E-state index in [9.17, 15) is 4.79 Å². The maximum absolute atomic E-state index is 12.3. The molecule has 2 aromatic rings. The van der Waals surface area contributed by atoms with E-state index in [4.69, 9.17) is 4.74 Å². The van der Waals surface area contributed by atoms with Crippen LogP contribution < -0.4 is 15.4 Å². The molecule has 1 aromatic carbocycles. The van der Waals surface area contributed by atoms with Crippen LogP contribution in [0.1, 0.15) is 10.5 Å². The summed E-state index contributed by atoms with van der Waals surface area (Å²) in [7, 11) is 3.39. The number of thioether (sulfide) groups is 1. The minimum absolute atomic E-state index is 0.149. The van der Waals surface area contributed by atoms with Crippen LogP contribution in [-0.2, 0) is 7.05 Å². The maximum Gasteiger partial charge on any atom is 0.272 e. The number of anilines is 1. The first-order chi connectivity index (χ1) is 10.1. The van der Waals surface area contributed by atoms with Crippen LogP contribution in [0.4, 0.5) is 5.69 Å². The van der Waals surface area contributed by atoms with E-state index >= 15 is 0 Å². The molecule has 0 radical (unpaired) electrons. The van der Waals surface area contributed by atoms with Crippen LogP contribution in [0, 0.1) is 3.57 Å². The number of methoxy groups -OCH3 is 1. The molecule has 3 rings (SSSR count). The minimum Gasteiger partial charge on any atom is -0.497 e. The van der Waals surface area contributed by atoms with E-state index in [2.05, 4.69) is 38.3 Å². The summed E-state index contributed by atoms with van der Waals surface area (Å²) in [5.74, 6) is 0.653. The van der Waals surface area contributed by atoms with Gasteiger partial charge in [0, 0.05) is 11.9 Å². The Balaban J connectivity index is 1.72. The number of hydrogen-bond donors (Lipinski definition) is 2. The molecular formula is C13H13IN4O2S. The lowest BCUT2D eigenvalue weighted by molar-refractivity contribution is 0.0942. The van der Waals surface area contributed by atoms with Crippen LogP contribution in [0.3, 0.4) is 0 Å². The van der Waals surface area contributed by atoms with Gasteiger partial charge in [0.2, 0.25) is 0 Å². The van der Waals surface area contributed by atoms with Crippen molar-refractivity contribution in [3.8, 4) is 5.75 Å². The first-order valence-corrected chi connectivity index (χ1v) is 8.14. The van der Waals surface area contributed by atoms with Gasteiger partial charge in [-0.25, -0.2) is 0 Å². The summed E-state index contributed by atoms with van der Waals surface area (Å²) in [6, 6.07) is 5.79. The number of amides is 1. The van der Waals surface area contributed by atoms with Crippen LogP contribution in [0.2, 0.25) is 0 Å². The molecule has 1 unspecified atom stereocenters. The van der Waals surface area contributed by atoms with Gasteiger partial charge in [-0.2, -0.15) is 5.10 Å². The Bertz CT molecular complexity index is 684. The van der Waals surface area contributed by atoms with Crippen molar-refractivity contribution < 1.29 is 9.53 Å². The molecule has 0 fully saturated rings. The topological polar surface area (TPSA) is 68.2 Å². The highest BCUT2D eigenvalue weighted by Gasteiger charge is 2.25. The molecule has 21 heavy (non-hydrogen) atoms. The van der Waals surface area contributed by atoms with E-state index in [0.717, 1.165) is 19.9 Å². The van der Waals surface area contributed by atoms with Crippen molar-refractivity contribution in [1.82, 2.24) is 15.1 Å². The highest BCUT2D eigenvalue weighted by Crippen LogP contribution is 2.39. The third kappa shape index (κ3) is 2.82. The van der Waals surface area contributed by atoms with Crippen molar-refractivity contribution >= 4 is 45.9 Å². The molecule has 0 spiro atoms. The lowest BCUT2D eigenvalue weighted by Crippen LogP contribution is -2.37. The van der Waals surface area contributed by atoms with Gasteiger partial charge in [0.1, 0.15) is 11.4 Å². The smallest absolute Gasteiger partial charge is 0.272 e. The van der Waals surface area contributed by atoms with E-state index < -0.39 is 0 Å². The lowest BCUT2D eigenvalue weighted by atomic mass is 10.3. The quantitative estimate of drug-likeness (QED) is 0.752. The Labute approximate surface area is 139 Å². The number of ether oxygens (including phenoxy) is 1. The van der Waals surface area contributed by atoms with Crippen molar-refractivity contribution in [3.63, 3.8) is 0 Å². The summed E-state index contributed by atoms with van der Waals surface area (Å²) in [4.78, 5) is 13.4. The molecule has 0 saturated heterocycles. The van der Waals surface area contributed by atoms with Crippen LogP contribution in [-0.4, -0.2) is 28.3 Å². The molecule has 8 heteroatoms. The number of nitrogens with zero attached hydrogens (tertiary/aromatic N) is 2. The predicted octanol–water partition coefficient (Wildman–Crippen LogP) is 2.26. The second kappa shape index (κ2) is 5.76. The summed E-state index contributed by atoms with van der Waals surface area (Å²) < 4.78 is 7.61. The van der Waals surface area contributed by atoms with Crippen LogP contribution in [0.5, 0.6) is 5.75 Å². The number of carbonyl (C=O) groups excluding carboxylic acids is 1. The summed E-state index contributed by atoms with van der Waals surface area (Å²) in [5.41, 5.74) is 1.35. The van der Waals surface area contributed by atoms with Gasteiger partial charge in [0.25, 0.3) is 5.91 Å². The number of aromatic nitrogens is 2. The Hall–Kier alpha value is -1.42. The molecule has 1 aromatic heterocycles. The molecule has 1 amide bonds. The second-order valence-electron chi connectivity index (χ2n) is 4.44. The fourth-order valence-corrected chi connectivity index (χ4v) is 3.83. The minimum atomic E-state index is -0.203. The largest absolute Gasteiger partial charge is 0.497 e. The molecule has 1 aliphatic rings. The molecule has 0 saturated carbocycles. The number of halogens is 1. The van der Waals surface area contributed by atoms with Gasteiger partial charge in [-0.05, 0) is 40.8 Å². The second-order valence-corrected chi connectivity index (χ2v) is 6.75. The number of hydrogen-bond acceptors (Lipinski definition) is 5.